The highest BCUT2D eigenvalue weighted by Gasteiger charge is 2.27. The van der Waals surface area contributed by atoms with Gasteiger partial charge in [-0.1, -0.05) is 0 Å². The molecule has 1 aliphatic rings. The SMILES string of the molecule is Cc1ccn2c(C(=O)N[C@@H]3CCNC3=O)c(C)nc2c1. The zero-order chi connectivity index (χ0) is 14.3. The van der Waals surface area contributed by atoms with Crippen LogP contribution in [-0.4, -0.2) is 33.8 Å². The number of amides is 2. The lowest BCUT2D eigenvalue weighted by molar-refractivity contribution is -0.120. The summed E-state index contributed by atoms with van der Waals surface area (Å²) in [7, 11) is 0. The highest BCUT2D eigenvalue weighted by Crippen LogP contribution is 2.14. The molecule has 0 radical (unpaired) electrons. The summed E-state index contributed by atoms with van der Waals surface area (Å²) in [5, 5.41) is 5.47. The Morgan fingerprint density at radius 3 is 3.00 bits per heavy atom. The molecule has 1 saturated heterocycles. The Balaban J connectivity index is 1.95. The van der Waals surface area contributed by atoms with Crippen LogP contribution >= 0.6 is 0 Å². The van der Waals surface area contributed by atoms with Crippen LogP contribution in [0.15, 0.2) is 18.3 Å². The molecule has 3 heterocycles. The van der Waals surface area contributed by atoms with Crippen LogP contribution in [0.1, 0.15) is 28.2 Å². The lowest BCUT2D eigenvalue weighted by atomic mass is 10.2. The van der Waals surface area contributed by atoms with E-state index >= 15 is 0 Å². The van der Waals surface area contributed by atoms with Gasteiger partial charge in [0.15, 0.2) is 0 Å². The molecule has 0 aliphatic carbocycles. The van der Waals surface area contributed by atoms with Crippen molar-refractivity contribution in [1.82, 2.24) is 20.0 Å². The molecular formula is C14H16N4O2. The predicted octanol–water partition coefficient (Wildman–Crippen LogP) is 0.569. The monoisotopic (exact) mass is 272 g/mol. The second-order valence-corrected chi connectivity index (χ2v) is 5.08. The highest BCUT2D eigenvalue weighted by atomic mass is 16.2. The Morgan fingerprint density at radius 1 is 1.50 bits per heavy atom. The summed E-state index contributed by atoms with van der Waals surface area (Å²) < 4.78 is 1.75. The molecule has 0 spiro atoms. The fourth-order valence-corrected chi connectivity index (χ4v) is 2.50. The van der Waals surface area contributed by atoms with E-state index in [1.165, 1.54) is 0 Å². The molecule has 104 valence electrons. The topological polar surface area (TPSA) is 75.5 Å². The first-order valence-electron chi connectivity index (χ1n) is 6.60. The number of imidazole rings is 1. The summed E-state index contributed by atoms with van der Waals surface area (Å²) in [6.45, 7) is 4.38. The number of carbonyl (C=O) groups excluding carboxylic acids is 2. The molecule has 6 heteroatoms. The first kappa shape index (κ1) is 12.7. The minimum Gasteiger partial charge on any atom is -0.354 e. The standard InChI is InChI=1S/C14H16N4O2/c1-8-4-6-18-11(7-8)16-9(2)12(18)14(20)17-10-3-5-15-13(10)19/h4,6-7,10H,3,5H2,1-2H3,(H,15,19)(H,17,20)/t10-/m1/s1. The van der Waals surface area contributed by atoms with Crippen molar-refractivity contribution in [2.24, 2.45) is 0 Å². The Hall–Kier alpha value is -2.37. The van der Waals surface area contributed by atoms with Crippen LogP contribution in [0, 0.1) is 13.8 Å². The summed E-state index contributed by atoms with van der Waals surface area (Å²) in [5.41, 5.74) is 2.97. The number of carbonyl (C=O) groups is 2. The number of rotatable bonds is 2. The van der Waals surface area contributed by atoms with Crippen LogP contribution in [0.4, 0.5) is 0 Å². The van der Waals surface area contributed by atoms with E-state index in [4.69, 9.17) is 0 Å². The van der Waals surface area contributed by atoms with Crippen molar-refractivity contribution in [2.75, 3.05) is 6.54 Å². The minimum absolute atomic E-state index is 0.124. The number of nitrogens with one attached hydrogen (secondary N) is 2. The van der Waals surface area contributed by atoms with Crippen molar-refractivity contribution in [2.45, 2.75) is 26.3 Å². The first-order chi connectivity index (χ1) is 9.56. The van der Waals surface area contributed by atoms with E-state index in [1.807, 2.05) is 25.3 Å². The van der Waals surface area contributed by atoms with Crippen molar-refractivity contribution in [1.29, 1.82) is 0 Å². The molecule has 1 fully saturated rings. The number of pyridine rings is 1. The Bertz CT molecular complexity index is 705. The highest BCUT2D eigenvalue weighted by molar-refractivity contribution is 5.98. The van der Waals surface area contributed by atoms with Crippen molar-refractivity contribution in [3.8, 4) is 0 Å². The van der Waals surface area contributed by atoms with E-state index in [2.05, 4.69) is 15.6 Å². The van der Waals surface area contributed by atoms with Gasteiger partial charge in [-0.2, -0.15) is 0 Å². The normalized spacial score (nSPS) is 18.3. The van der Waals surface area contributed by atoms with Crippen molar-refractivity contribution in [3.05, 3.63) is 35.3 Å². The second-order valence-electron chi connectivity index (χ2n) is 5.08. The average molecular weight is 272 g/mol. The number of hydrogen-bond acceptors (Lipinski definition) is 3. The van der Waals surface area contributed by atoms with Gasteiger partial charge in [0.1, 0.15) is 17.4 Å². The smallest absolute Gasteiger partial charge is 0.270 e. The fraction of sp³-hybridized carbons (Fsp3) is 0.357. The van der Waals surface area contributed by atoms with Gasteiger partial charge in [0.25, 0.3) is 5.91 Å². The van der Waals surface area contributed by atoms with Gasteiger partial charge in [-0.15, -0.1) is 0 Å². The van der Waals surface area contributed by atoms with Gasteiger partial charge in [-0.25, -0.2) is 4.98 Å². The number of hydrogen-bond donors (Lipinski definition) is 2. The molecule has 3 rings (SSSR count). The van der Waals surface area contributed by atoms with Crippen LogP contribution in [0.3, 0.4) is 0 Å². The molecule has 2 aromatic heterocycles. The van der Waals surface area contributed by atoms with Crippen LogP contribution in [-0.2, 0) is 4.79 Å². The molecular weight excluding hydrogens is 256 g/mol. The minimum atomic E-state index is -0.446. The zero-order valence-electron chi connectivity index (χ0n) is 11.4. The van der Waals surface area contributed by atoms with E-state index in [9.17, 15) is 9.59 Å². The van der Waals surface area contributed by atoms with Crippen molar-refractivity contribution >= 4 is 17.5 Å². The Labute approximate surface area is 116 Å². The molecule has 20 heavy (non-hydrogen) atoms. The maximum Gasteiger partial charge on any atom is 0.270 e. The summed E-state index contributed by atoms with van der Waals surface area (Å²) >= 11 is 0. The molecule has 0 saturated carbocycles. The third-order valence-corrected chi connectivity index (χ3v) is 3.53. The van der Waals surface area contributed by atoms with Gasteiger partial charge in [0.2, 0.25) is 5.91 Å². The molecule has 1 atom stereocenters. The van der Waals surface area contributed by atoms with Gasteiger partial charge in [-0.05, 0) is 38.0 Å². The number of nitrogens with zero attached hydrogens (tertiary/aromatic N) is 2. The third kappa shape index (κ3) is 2.03. The predicted molar refractivity (Wildman–Crippen MR) is 73.5 cm³/mol. The van der Waals surface area contributed by atoms with E-state index in [1.54, 1.807) is 11.3 Å². The summed E-state index contributed by atoms with van der Waals surface area (Å²) in [5.74, 6) is -0.387. The number of aryl methyl sites for hydroxylation is 2. The van der Waals surface area contributed by atoms with E-state index in [0.29, 0.717) is 24.4 Å². The lowest BCUT2D eigenvalue weighted by Crippen LogP contribution is -2.40. The molecule has 0 unspecified atom stereocenters. The molecule has 2 N–H and O–H groups in total. The quantitative estimate of drug-likeness (QED) is 0.839. The molecule has 2 aromatic rings. The first-order valence-corrected chi connectivity index (χ1v) is 6.60. The second kappa shape index (κ2) is 4.63. The van der Waals surface area contributed by atoms with Gasteiger partial charge in [-0.3, -0.25) is 14.0 Å². The van der Waals surface area contributed by atoms with Crippen molar-refractivity contribution in [3.63, 3.8) is 0 Å². The van der Waals surface area contributed by atoms with Gasteiger partial charge >= 0.3 is 0 Å². The van der Waals surface area contributed by atoms with Gasteiger partial charge in [0.05, 0.1) is 5.69 Å². The molecule has 0 aromatic carbocycles. The maximum atomic E-state index is 12.4. The van der Waals surface area contributed by atoms with Crippen LogP contribution in [0.25, 0.3) is 5.65 Å². The van der Waals surface area contributed by atoms with Crippen LogP contribution < -0.4 is 10.6 Å². The molecule has 2 amide bonds. The van der Waals surface area contributed by atoms with Gasteiger partial charge < -0.3 is 10.6 Å². The fourth-order valence-electron chi connectivity index (χ4n) is 2.50. The Morgan fingerprint density at radius 2 is 2.30 bits per heavy atom. The molecule has 0 bridgehead atoms. The molecule has 6 nitrogen and oxygen atoms in total. The molecule has 1 aliphatic heterocycles. The number of fused-ring (bicyclic) bond motifs is 1. The Kier molecular flexibility index (Phi) is 2.93. The van der Waals surface area contributed by atoms with Gasteiger partial charge in [0, 0.05) is 12.7 Å². The third-order valence-electron chi connectivity index (χ3n) is 3.53. The van der Waals surface area contributed by atoms with Crippen molar-refractivity contribution < 1.29 is 9.59 Å². The zero-order valence-corrected chi connectivity index (χ0v) is 11.4. The van der Waals surface area contributed by atoms with E-state index in [-0.39, 0.29) is 11.8 Å². The summed E-state index contributed by atoms with van der Waals surface area (Å²) in [6.07, 6.45) is 2.45. The summed E-state index contributed by atoms with van der Waals surface area (Å²) in [4.78, 5) is 28.3. The summed E-state index contributed by atoms with van der Waals surface area (Å²) in [6, 6.07) is 3.40. The lowest BCUT2D eigenvalue weighted by Gasteiger charge is -2.10. The van der Waals surface area contributed by atoms with Crippen LogP contribution in [0.5, 0.6) is 0 Å². The average Bonchev–Trinajstić information content (AvgIpc) is 2.92. The van der Waals surface area contributed by atoms with E-state index in [0.717, 1.165) is 11.2 Å². The maximum absolute atomic E-state index is 12.4. The number of aromatic nitrogens is 2. The largest absolute Gasteiger partial charge is 0.354 e. The van der Waals surface area contributed by atoms with Crippen LogP contribution in [0.2, 0.25) is 0 Å². The van der Waals surface area contributed by atoms with E-state index < -0.39 is 6.04 Å².